The molecule has 0 spiro atoms. The predicted octanol–water partition coefficient (Wildman–Crippen LogP) is 4.82. The van der Waals surface area contributed by atoms with E-state index >= 15 is 0 Å². The molecule has 0 N–H and O–H groups in total. The Hall–Kier alpha value is -0.510. The Morgan fingerprint density at radius 3 is 2.13 bits per heavy atom. The topological polar surface area (TPSA) is 23.8 Å². The summed E-state index contributed by atoms with van der Waals surface area (Å²) in [5, 5.41) is 9.41. The molecule has 0 heterocycles. The summed E-state index contributed by atoms with van der Waals surface area (Å²) in [4.78, 5) is 0. The van der Waals surface area contributed by atoms with Crippen LogP contribution in [0.1, 0.15) is 77.6 Å². The molecule has 0 aliphatic heterocycles. The molecule has 1 nitrogen and oxygen atoms in total. The first-order valence-electron chi connectivity index (χ1n) is 6.74. The summed E-state index contributed by atoms with van der Waals surface area (Å²) in [6.07, 6.45) is 13.9. The van der Waals surface area contributed by atoms with Gasteiger partial charge in [0.05, 0.1) is 11.5 Å². The van der Waals surface area contributed by atoms with Crippen molar-refractivity contribution in [1.82, 2.24) is 0 Å². The molecule has 1 aliphatic rings. The van der Waals surface area contributed by atoms with Crippen LogP contribution in [-0.4, -0.2) is 0 Å². The van der Waals surface area contributed by atoms with E-state index in [1.165, 1.54) is 51.4 Å². The number of nitriles is 1. The van der Waals surface area contributed by atoms with Gasteiger partial charge in [-0.2, -0.15) is 5.26 Å². The molecule has 0 aromatic carbocycles. The summed E-state index contributed by atoms with van der Waals surface area (Å²) in [6.45, 7) is 2.23. The lowest BCUT2D eigenvalue weighted by Crippen LogP contribution is -2.20. The van der Waals surface area contributed by atoms with Crippen molar-refractivity contribution in [2.75, 3.05) is 0 Å². The maximum atomic E-state index is 9.41. The largest absolute Gasteiger partial charge is 0.198 e. The predicted molar refractivity (Wildman–Crippen MR) is 64.5 cm³/mol. The molecular formula is C14H25N. The molecule has 0 saturated heterocycles. The van der Waals surface area contributed by atoms with Crippen molar-refractivity contribution < 1.29 is 0 Å². The average Bonchev–Trinajstić information content (AvgIpc) is 2.22. The molecule has 1 saturated carbocycles. The SMILES string of the molecule is CCCCCC1(C#N)CCCCCCC1. The van der Waals surface area contributed by atoms with Crippen LogP contribution in [0.2, 0.25) is 0 Å². The maximum absolute atomic E-state index is 9.41. The van der Waals surface area contributed by atoms with E-state index in [2.05, 4.69) is 13.0 Å². The quantitative estimate of drug-likeness (QED) is 0.606. The molecule has 0 aromatic rings. The Labute approximate surface area is 94.9 Å². The lowest BCUT2D eigenvalue weighted by Gasteiger charge is -2.28. The second-order valence-corrected chi connectivity index (χ2v) is 5.12. The second-order valence-electron chi connectivity index (χ2n) is 5.12. The van der Waals surface area contributed by atoms with Crippen LogP contribution < -0.4 is 0 Å². The Balaban J connectivity index is 2.44. The van der Waals surface area contributed by atoms with Gasteiger partial charge in [-0.3, -0.25) is 0 Å². The molecule has 0 radical (unpaired) electrons. The highest BCUT2D eigenvalue weighted by atomic mass is 14.4. The first kappa shape index (κ1) is 12.6. The van der Waals surface area contributed by atoms with Gasteiger partial charge in [0.25, 0.3) is 0 Å². The maximum Gasteiger partial charge on any atom is 0.0689 e. The Bertz CT molecular complexity index is 194. The van der Waals surface area contributed by atoms with Crippen LogP contribution in [0.4, 0.5) is 0 Å². The molecule has 1 fully saturated rings. The fourth-order valence-corrected chi connectivity index (χ4v) is 2.71. The monoisotopic (exact) mass is 207 g/mol. The minimum absolute atomic E-state index is 0.0512. The van der Waals surface area contributed by atoms with Crippen molar-refractivity contribution in [1.29, 1.82) is 5.26 Å². The smallest absolute Gasteiger partial charge is 0.0689 e. The zero-order valence-electron chi connectivity index (χ0n) is 10.2. The van der Waals surface area contributed by atoms with Crippen LogP contribution in [0.25, 0.3) is 0 Å². The summed E-state index contributed by atoms with van der Waals surface area (Å²) in [5.74, 6) is 0. The van der Waals surface area contributed by atoms with Crippen LogP contribution in [0, 0.1) is 16.7 Å². The highest BCUT2D eigenvalue weighted by molar-refractivity contribution is 4.99. The van der Waals surface area contributed by atoms with E-state index in [-0.39, 0.29) is 5.41 Å². The van der Waals surface area contributed by atoms with Crippen molar-refractivity contribution in [3.8, 4) is 6.07 Å². The van der Waals surface area contributed by atoms with Crippen molar-refractivity contribution in [3.05, 3.63) is 0 Å². The molecule has 0 bridgehead atoms. The number of hydrogen-bond donors (Lipinski definition) is 0. The first-order chi connectivity index (χ1) is 7.33. The molecular weight excluding hydrogens is 182 g/mol. The fourth-order valence-electron chi connectivity index (χ4n) is 2.71. The first-order valence-corrected chi connectivity index (χ1v) is 6.74. The van der Waals surface area contributed by atoms with E-state index in [1.807, 2.05) is 0 Å². The van der Waals surface area contributed by atoms with Crippen LogP contribution in [0.5, 0.6) is 0 Å². The van der Waals surface area contributed by atoms with Crippen molar-refractivity contribution in [2.24, 2.45) is 5.41 Å². The van der Waals surface area contributed by atoms with Gasteiger partial charge >= 0.3 is 0 Å². The second kappa shape index (κ2) is 6.88. The van der Waals surface area contributed by atoms with Crippen molar-refractivity contribution >= 4 is 0 Å². The third-order valence-corrected chi connectivity index (χ3v) is 3.81. The van der Waals surface area contributed by atoms with Crippen LogP contribution in [0.15, 0.2) is 0 Å². The van der Waals surface area contributed by atoms with Gasteiger partial charge in [0.2, 0.25) is 0 Å². The van der Waals surface area contributed by atoms with Crippen LogP contribution in [-0.2, 0) is 0 Å². The van der Waals surface area contributed by atoms with E-state index in [1.54, 1.807) is 0 Å². The van der Waals surface area contributed by atoms with Crippen LogP contribution >= 0.6 is 0 Å². The van der Waals surface area contributed by atoms with Gasteiger partial charge in [-0.05, 0) is 19.3 Å². The minimum Gasteiger partial charge on any atom is -0.198 e. The van der Waals surface area contributed by atoms with Gasteiger partial charge in [0, 0.05) is 0 Å². The molecule has 1 rings (SSSR count). The van der Waals surface area contributed by atoms with E-state index < -0.39 is 0 Å². The van der Waals surface area contributed by atoms with Gasteiger partial charge in [-0.25, -0.2) is 0 Å². The average molecular weight is 207 g/mol. The van der Waals surface area contributed by atoms with E-state index in [0.717, 1.165) is 19.3 Å². The third kappa shape index (κ3) is 4.24. The number of nitrogens with zero attached hydrogens (tertiary/aromatic N) is 1. The van der Waals surface area contributed by atoms with Gasteiger partial charge < -0.3 is 0 Å². The van der Waals surface area contributed by atoms with Gasteiger partial charge in [0.15, 0.2) is 0 Å². The molecule has 0 unspecified atom stereocenters. The summed E-state index contributed by atoms with van der Waals surface area (Å²) in [5.41, 5.74) is 0.0512. The molecule has 0 amide bonds. The van der Waals surface area contributed by atoms with Gasteiger partial charge in [-0.15, -0.1) is 0 Å². The third-order valence-electron chi connectivity index (χ3n) is 3.81. The van der Waals surface area contributed by atoms with Crippen LogP contribution in [0.3, 0.4) is 0 Å². The fraction of sp³-hybridized carbons (Fsp3) is 0.929. The summed E-state index contributed by atoms with van der Waals surface area (Å²) in [6, 6.07) is 2.64. The zero-order chi connectivity index (χ0) is 11.0. The lowest BCUT2D eigenvalue weighted by atomic mass is 9.74. The lowest BCUT2D eigenvalue weighted by molar-refractivity contribution is 0.261. The van der Waals surface area contributed by atoms with E-state index in [4.69, 9.17) is 0 Å². The Kier molecular flexibility index (Phi) is 5.76. The van der Waals surface area contributed by atoms with E-state index in [9.17, 15) is 5.26 Å². The standard InChI is InChI=1S/C14H25N/c1-2-3-7-10-14(13-15)11-8-5-4-6-9-12-14/h2-12H2,1H3. The van der Waals surface area contributed by atoms with Crippen molar-refractivity contribution in [3.63, 3.8) is 0 Å². The minimum atomic E-state index is 0.0512. The highest BCUT2D eigenvalue weighted by Crippen LogP contribution is 2.38. The van der Waals surface area contributed by atoms with Gasteiger partial charge in [0.1, 0.15) is 0 Å². The Morgan fingerprint density at radius 2 is 1.60 bits per heavy atom. The molecule has 15 heavy (non-hydrogen) atoms. The normalized spacial score (nSPS) is 21.3. The highest BCUT2D eigenvalue weighted by Gasteiger charge is 2.29. The van der Waals surface area contributed by atoms with E-state index in [0.29, 0.717) is 0 Å². The number of rotatable bonds is 4. The Morgan fingerprint density at radius 1 is 1.00 bits per heavy atom. The molecule has 1 heteroatoms. The molecule has 0 aromatic heterocycles. The summed E-state index contributed by atoms with van der Waals surface area (Å²) >= 11 is 0. The van der Waals surface area contributed by atoms with Crippen molar-refractivity contribution in [2.45, 2.75) is 77.6 Å². The molecule has 86 valence electrons. The number of hydrogen-bond acceptors (Lipinski definition) is 1. The van der Waals surface area contributed by atoms with Gasteiger partial charge in [-0.1, -0.05) is 58.3 Å². The zero-order valence-corrected chi connectivity index (χ0v) is 10.2. The molecule has 1 aliphatic carbocycles. The molecule has 0 atom stereocenters. The summed E-state index contributed by atoms with van der Waals surface area (Å²) in [7, 11) is 0. The summed E-state index contributed by atoms with van der Waals surface area (Å²) < 4.78 is 0. The number of unbranched alkanes of at least 4 members (excludes halogenated alkanes) is 2.